The molecule has 18 heavy (non-hydrogen) atoms. The predicted octanol–water partition coefficient (Wildman–Crippen LogP) is 2.54. The largest absolute Gasteiger partial charge is 0.389 e. The van der Waals surface area contributed by atoms with E-state index in [1.807, 2.05) is 6.92 Å². The van der Waals surface area contributed by atoms with Gasteiger partial charge < -0.3 is 10.4 Å². The van der Waals surface area contributed by atoms with Gasteiger partial charge in [0, 0.05) is 18.9 Å². The summed E-state index contributed by atoms with van der Waals surface area (Å²) in [5.74, 6) is 0.372. The Morgan fingerprint density at radius 2 is 1.94 bits per heavy atom. The second kappa shape index (κ2) is 5.85. The average Bonchev–Trinajstić information content (AvgIpc) is 2.40. The number of hydrogen-bond acceptors (Lipinski definition) is 2. The van der Waals surface area contributed by atoms with Crippen LogP contribution in [0.4, 0.5) is 0 Å². The molecule has 1 fully saturated rings. The molecule has 1 aliphatic rings. The van der Waals surface area contributed by atoms with Gasteiger partial charge in [-0.15, -0.1) is 0 Å². The minimum atomic E-state index is -0.596. The normalized spacial score (nSPS) is 23.6. The summed E-state index contributed by atoms with van der Waals surface area (Å²) in [6.45, 7) is 6.19. The molecule has 0 bridgehead atoms. The summed E-state index contributed by atoms with van der Waals surface area (Å²) < 4.78 is 0. The van der Waals surface area contributed by atoms with Gasteiger partial charge in [-0.25, -0.2) is 0 Å². The fourth-order valence-corrected chi connectivity index (χ4v) is 2.83. The van der Waals surface area contributed by atoms with Crippen molar-refractivity contribution in [1.29, 1.82) is 0 Å². The lowest BCUT2D eigenvalue weighted by molar-refractivity contribution is -0.0102. The summed E-state index contributed by atoms with van der Waals surface area (Å²) in [5, 5.41) is 14.1. The van der Waals surface area contributed by atoms with E-state index < -0.39 is 5.60 Å². The molecule has 0 spiro atoms. The van der Waals surface area contributed by atoms with Crippen molar-refractivity contribution in [3.63, 3.8) is 0 Å². The third-order valence-corrected chi connectivity index (χ3v) is 4.17. The van der Waals surface area contributed by atoms with E-state index in [9.17, 15) is 5.11 Å². The van der Waals surface area contributed by atoms with E-state index in [1.54, 1.807) is 0 Å². The topological polar surface area (TPSA) is 32.3 Å². The molecule has 2 unspecified atom stereocenters. The number of benzene rings is 1. The number of aliphatic hydroxyl groups is 1. The molecule has 1 aromatic carbocycles. The summed E-state index contributed by atoms with van der Waals surface area (Å²) in [6.07, 6.45) is 4.13. The Bertz CT molecular complexity index is 363. The molecule has 2 heteroatoms. The lowest BCUT2D eigenvalue weighted by atomic mass is 9.79. The molecule has 0 saturated carbocycles. The van der Waals surface area contributed by atoms with Crippen LogP contribution in [-0.2, 0) is 12.8 Å². The Morgan fingerprint density at radius 1 is 1.28 bits per heavy atom. The van der Waals surface area contributed by atoms with Crippen LogP contribution in [0, 0.1) is 5.92 Å². The second-order valence-electron chi connectivity index (χ2n) is 5.75. The third kappa shape index (κ3) is 3.33. The van der Waals surface area contributed by atoms with Crippen molar-refractivity contribution < 1.29 is 5.11 Å². The van der Waals surface area contributed by atoms with Crippen LogP contribution in [0.25, 0.3) is 0 Å². The number of nitrogens with one attached hydrogen (secondary N) is 1. The number of piperidine rings is 1. The Kier molecular flexibility index (Phi) is 4.41. The standard InChI is InChI=1S/C16H25NO/c1-3-13-6-8-14(9-7-13)11-16(2,18)15-5-4-10-17-12-15/h6-9,15,17-18H,3-5,10-12H2,1-2H3. The Hall–Kier alpha value is -0.860. The molecule has 1 aliphatic heterocycles. The van der Waals surface area contributed by atoms with Crippen LogP contribution in [-0.4, -0.2) is 23.8 Å². The van der Waals surface area contributed by atoms with E-state index in [-0.39, 0.29) is 0 Å². The van der Waals surface area contributed by atoms with Crippen molar-refractivity contribution >= 4 is 0 Å². The van der Waals surface area contributed by atoms with E-state index in [0.29, 0.717) is 5.92 Å². The summed E-state index contributed by atoms with van der Waals surface area (Å²) in [5.41, 5.74) is 2.00. The van der Waals surface area contributed by atoms with Crippen LogP contribution >= 0.6 is 0 Å². The van der Waals surface area contributed by atoms with Gasteiger partial charge in [-0.05, 0) is 43.9 Å². The summed E-state index contributed by atoms with van der Waals surface area (Å²) >= 11 is 0. The molecular weight excluding hydrogens is 222 g/mol. The summed E-state index contributed by atoms with van der Waals surface area (Å²) in [7, 11) is 0. The van der Waals surface area contributed by atoms with Crippen LogP contribution in [0.5, 0.6) is 0 Å². The lowest BCUT2D eigenvalue weighted by Gasteiger charge is -2.36. The highest BCUT2D eigenvalue weighted by Gasteiger charge is 2.32. The molecule has 1 saturated heterocycles. The number of rotatable bonds is 4. The Labute approximate surface area is 110 Å². The minimum absolute atomic E-state index is 0.372. The zero-order valence-corrected chi connectivity index (χ0v) is 11.6. The van der Waals surface area contributed by atoms with Crippen molar-refractivity contribution in [2.75, 3.05) is 13.1 Å². The fourth-order valence-electron chi connectivity index (χ4n) is 2.83. The Morgan fingerprint density at radius 3 is 2.50 bits per heavy atom. The maximum Gasteiger partial charge on any atom is 0.0700 e. The van der Waals surface area contributed by atoms with Gasteiger partial charge in [0.15, 0.2) is 0 Å². The highest BCUT2D eigenvalue weighted by molar-refractivity contribution is 5.23. The number of hydrogen-bond donors (Lipinski definition) is 2. The zero-order valence-electron chi connectivity index (χ0n) is 11.6. The van der Waals surface area contributed by atoms with E-state index >= 15 is 0 Å². The lowest BCUT2D eigenvalue weighted by Crippen LogP contribution is -2.45. The number of aryl methyl sites for hydroxylation is 1. The van der Waals surface area contributed by atoms with E-state index in [0.717, 1.165) is 32.4 Å². The average molecular weight is 247 g/mol. The van der Waals surface area contributed by atoms with Crippen LogP contribution in [0.3, 0.4) is 0 Å². The molecule has 1 heterocycles. The smallest absolute Gasteiger partial charge is 0.0700 e. The van der Waals surface area contributed by atoms with Crippen molar-refractivity contribution in [1.82, 2.24) is 5.32 Å². The van der Waals surface area contributed by atoms with Crippen molar-refractivity contribution in [2.45, 2.75) is 45.1 Å². The molecule has 2 nitrogen and oxygen atoms in total. The van der Waals surface area contributed by atoms with Crippen molar-refractivity contribution in [3.05, 3.63) is 35.4 Å². The maximum atomic E-state index is 10.7. The molecular formula is C16H25NO. The quantitative estimate of drug-likeness (QED) is 0.857. The van der Waals surface area contributed by atoms with Gasteiger partial charge in [-0.2, -0.15) is 0 Å². The minimum Gasteiger partial charge on any atom is -0.389 e. The molecule has 2 rings (SSSR count). The first-order chi connectivity index (χ1) is 8.62. The zero-order chi connectivity index (χ0) is 13.0. The summed E-state index contributed by atoms with van der Waals surface area (Å²) in [4.78, 5) is 0. The fraction of sp³-hybridized carbons (Fsp3) is 0.625. The third-order valence-electron chi connectivity index (χ3n) is 4.17. The first-order valence-corrected chi connectivity index (χ1v) is 7.13. The molecule has 0 aromatic heterocycles. The Balaban J connectivity index is 2.01. The van der Waals surface area contributed by atoms with Gasteiger partial charge in [0.25, 0.3) is 0 Å². The van der Waals surface area contributed by atoms with Gasteiger partial charge in [-0.1, -0.05) is 31.2 Å². The van der Waals surface area contributed by atoms with Crippen molar-refractivity contribution in [3.8, 4) is 0 Å². The molecule has 2 N–H and O–H groups in total. The molecule has 1 aromatic rings. The van der Waals surface area contributed by atoms with Crippen molar-refractivity contribution in [2.24, 2.45) is 5.92 Å². The molecule has 0 radical (unpaired) electrons. The highest BCUT2D eigenvalue weighted by atomic mass is 16.3. The maximum absolute atomic E-state index is 10.7. The molecule has 100 valence electrons. The SMILES string of the molecule is CCc1ccc(CC(C)(O)C2CCCNC2)cc1. The van der Waals surface area contributed by atoms with Gasteiger partial charge in [0.05, 0.1) is 5.60 Å². The van der Waals surface area contributed by atoms with Gasteiger partial charge in [0.2, 0.25) is 0 Å². The summed E-state index contributed by atoms with van der Waals surface area (Å²) in [6, 6.07) is 8.65. The van der Waals surface area contributed by atoms with E-state index in [2.05, 4.69) is 36.5 Å². The predicted molar refractivity (Wildman–Crippen MR) is 75.7 cm³/mol. The second-order valence-corrected chi connectivity index (χ2v) is 5.75. The first-order valence-electron chi connectivity index (χ1n) is 7.13. The van der Waals surface area contributed by atoms with Gasteiger partial charge in [0.1, 0.15) is 0 Å². The van der Waals surface area contributed by atoms with E-state index in [4.69, 9.17) is 0 Å². The van der Waals surface area contributed by atoms with Crippen LogP contribution < -0.4 is 5.32 Å². The van der Waals surface area contributed by atoms with E-state index in [1.165, 1.54) is 17.5 Å². The van der Waals surface area contributed by atoms with Crippen LogP contribution in [0.2, 0.25) is 0 Å². The van der Waals surface area contributed by atoms with Crippen LogP contribution in [0.15, 0.2) is 24.3 Å². The van der Waals surface area contributed by atoms with Gasteiger partial charge >= 0.3 is 0 Å². The van der Waals surface area contributed by atoms with Crippen LogP contribution in [0.1, 0.15) is 37.8 Å². The molecule has 0 aliphatic carbocycles. The highest BCUT2D eigenvalue weighted by Crippen LogP contribution is 2.27. The molecule has 2 atom stereocenters. The first kappa shape index (κ1) is 13.6. The monoisotopic (exact) mass is 247 g/mol. The van der Waals surface area contributed by atoms with Gasteiger partial charge in [-0.3, -0.25) is 0 Å². The molecule has 0 amide bonds.